The van der Waals surface area contributed by atoms with Crippen molar-refractivity contribution in [2.75, 3.05) is 13.2 Å². The van der Waals surface area contributed by atoms with Gasteiger partial charge in [0.05, 0.1) is 24.2 Å². The van der Waals surface area contributed by atoms with Gasteiger partial charge in [0, 0.05) is 31.6 Å². The predicted octanol–water partition coefficient (Wildman–Crippen LogP) is 4.74. The molecule has 0 radical (unpaired) electrons. The quantitative estimate of drug-likeness (QED) is 0.223. The molecule has 0 aromatic heterocycles. The molecule has 4 saturated carbocycles. The number of carbonyl (C=O) groups excluding carboxylic acids is 3. The van der Waals surface area contributed by atoms with Crippen molar-refractivity contribution in [3.05, 3.63) is 11.6 Å². The van der Waals surface area contributed by atoms with Crippen molar-refractivity contribution in [3.63, 3.8) is 0 Å². The highest BCUT2D eigenvalue weighted by Gasteiger charge is 2.73. The summed E-state index contributed by atoms with van der Waals surface area (Å²) in [5.74, 6) is -1.22. The van der Waals surface area contributed by atoms with Gasteiger partial charge in [-0.2, -0.15) is 0 Å². The van der Waals surface area contributed by atoms with Crippen LogP contribution in [0.2, 0.25) is 0 Å². The topological polar surface area (TPSA) is 140 Å². The van der Waals surface area contributed by atoms with E-state index in [2.05, 4.69) is 33.8 Å². The van der Waals surface area contributed by atoms with Crippen LogP contribution in [0.3, 0.4) is 0 Å². The lowest BCUT2D eigenvalue weighted by Crippen LogP contribution is -2.72. The third-order valence-electron chi connectivity index (χ3n) is 14.3. The molecule has 0 bridgehead atoms. The first kappa shape index (κ1) is 34.4. The molecule has 9 nitrogen and oxygen atoms in total. The zero-order valence-electron chi connectivity index (χ0n) is 28.8. The molecule has 5 aliphatic rings. The van der Waals surface area contributed by atoms with Gasteiger partial charge in [0.2, 0.25) is 0 Å². The molecular weight excluding hydrogens is 576 g/mol. The van der Waals surface area contributed by atoms with Crippen molar-refractivity contribution in [1.29, 1.82) is 0 Å². The van der Waals surface area contributed by atoms with E-state index in [-0.39, 0.29) is 47.8 Å². The van der Waals surface area contributed by atoms with E-state index in [1.54, 1.807) is 0 Å². The van der Waals surface area contributed by atoms with E-state index < -0.39 is 58.0 Å². The highest BCUT2D eigenvalue weighted by Crippen LogP contribution is 2.76. The van der Waals surface area contributed by atoms with Gasteiger partial charge in [0.15, 0.2) is 0 Å². The van der Waals surface area contributed by atoms with Crippen molar-refractivity contribution >= 4 is 17.9 Å². The first-order chi connectivity index (χ1) is 20.7. The number of hydrogen-bond acceptors (Lipinski definition) is 9. The van der Waals surface area contributed by atoms with E-state index in [0.29, 0.717) is 19.3 Å². The smallest absolute Gasteiger partial charge is 0.303 e. The van der Waals surface area contributed by atoms with Crippen molar-refractivity contribution in [2.45, 2.75) is 132 Å². The molecule has 9 heteroatoms. The fourth-order valence-corrected chi connectivity index (χ4v) is 11.7. The first-order valence-electron chi connectivity index (χ1n) is 16.9. The lowest BCUT2D eigenvalue weighted by Gasteiger charge is -2.72. The Morgan fingerprint density at radius 3 is 2.02 bits per heavy atom. The second kappa shape index (κ2) is 11.0. The van der Waals surface area contributed by atoms with Gasteiger partial charge in [-0.3, -0.25) is 14.4 Å². The molecule has 0 saturated heterocycles. The standard InChI is InChI=1S/C36H56O9/c1-20(37)43-18-33(7)25-12-15-34(8)26(32(25,6)14-13-27(33)40)11-10-23-24-16-31(4,5)30(45-22(3)39)29(42)36(24,19-44-21(2)38)28(41)17-35(23,34)9/h10,24-30,40-42H,11-19H2,1-9H3/t24?,25?,26?,27-,28+,29-,30-,32-,33+,34+,35+,36-/m0/s1. The summed E-state index contributed by atoms with van der Waals surface area (Å²) < 4.78 is 16.9. The minimum atomic E-state index is -1.24. The summed E-state index contributed by atoms with van der Waals surface area (Å²) >= 11 is 0. The van der Waals surface area contributed by atoms with Crippen molar-refractivity contribution in [2.24, 2.45) is 50.2 Å². The van der Waals surface area contributed by atoms with Gasteiger partial charge < -0.3 is 29.5 Å². The summed E-state index contributed by atoms with van der Waals surface area (Å²) in [6, 6.07) is 0. The molecule has 0 aromatic carbocycles. The molecule has 5 rings (SSSR count). The molecule has 3 N–H and O–H groups in total. The van der Waals surface area contributed by atoms with Gasteiger partial charge in [0.1, 0.15) is 18.8 Å². The molecule has 0 spiro atoms. The van der Waals surface area contributed by atoms with Gasteiger partial charge in [0.25, 0.3) is 0 Å². The summed E-state index contributed by atoms with van der Waals surface area (Å²) in [6.07, 6.45) is 3.66. The van der Waals surface area contributed by atoms with E-state index in [4.69, 9.17) is 14.2 Å². The Kier molecular flexibility index (Phi) is 8.44. The molecule has 45 heavy (non-hydrogen) atoms. The van der Waals surface area contributed by atoms with Crippen LogP contribution >= 0.6 is 0 Å². The summed E-state index contributed by atoms with van der Waals surface area (Å²) in [4.78, 5) is 36.2. The Bertz CT molecular complexity index is 1260. The van der Waals surface area contributed by atoms with Crippen LogP contribution in [0.25, 0.3) is 0 Å². The van der Waals surface area contributed by atoms with Crippen LogP contribution in [0.1, 0.15) is 107 Å². The van der Waals surface area contributed by atoms with Crippen LogP contribution in [-0.4, -0.2) is 70.9 Å². The van der Waals surface area contributed by atoms with Crippen LogP contribution in [-0.2, 0) is 28.6 Å². The summed E-state index contributed by atoms with van der Waals surface area (Å²) in [7, 11) is 0. The van der Waals surface area contributed by atoms with E-state index in [9.17, 15) is 29.7 Å². The molecule has 5 aliphatic carbocycles. The second-order valence-corrected chi connectivity index (χ2v) is 17.0. The van der Waals surface area contributed by atoms with Crippen molar-refractivity contribution < 1.29 is 43.9 Å². The lowest BCUT2D eigenvalue weighted by atomic mass is 9.33. The Balaban J connectivity index is 1.60. The number of ether oxygens (including phenoxy) is 3. The number of rotatable bonds is 5. The number of allylic oxidation sites excluding steroid dienone is 2. The molecule has 0 aliphatic heterocycles. The summed E-state index contributed by atoms with van der Waals surface area (Å²) in [6.45, 7) is 17.2. The van der Waals surface area contributed by atoms with E-state index in [1.807, 2.05) is 13.8 Å². The number of carbonyl (C=O) groups is 3. The van der Waals surface area contributed by atoms with E-state index >= 15 is 0 Å². The molecule has 0 amide bonds. The minimum Gasteiger partial charge on any atom is -0.465 e. The van der Waals surface area contributed by atoms with Crippen molar-refractivity contribution in [1.82, 2.24) is 0 Å². The van der Waals surface area contributed by atoms with Crippen LogP contribution in [0.5, 0.6) is 0 Å². The highest BCUT2D eigenvalue weighted by molar-refractivity contribution is 5.67. The van der Waals surface area contributed by atoms with Gasteiger partial charge in [-0.25, -0.2) is 0 Å². The normalized spacial score (nSPS) is 48.4. The van der Waals surface area contributed by atoms with Crippen molar-refractivity contribution in [3.8, 4) is 0 Å². The maximum absolute atomic E-state index is 12.3. The van der Waals surface area contributed by atoms with Crippen LogP contribution in [0.15, 0.2) is 11.6 Å². The first-order valence-corrected chi connectivity index (χ1v) is 16.9. The monoisotopic (exact) mass is 632 g/mol. The molecule has 254 valence electrons. The van der Waals surface area contributed by atoms with Crippen LogP contribution in [0.4, 0.5) is 0 Å². The number of esters is 3. The third kappa shape index (κ3) is 4.83. The Hall–Kier alpha value is -1.97. The van der Waals surface area contributed by atoms with Crippen LogP contribution in [0, 0.1) is 50.2 Å². The summed E-state index contributed by atoms with van der Waals surface area (Å²) in [5.41, 5.74) is -1.94. The zero-order valence-corrected chi connectivity index (χ0v) is 28.8. The lowest BCUT2D eigenvalue weighted by molar-refractivity contribution is -0.264. The Morgan fingerprint density at radius 1 is 0.800 bits per heavy atom. The van der Waals surface area contributed by atoms with Crippen LogP contribution < -0.4 is 0 Å². The minimum absolute atomic E-state index is 0.130. The predicted molar refractivity (Wildman–Crippen MR) is 166 cm³/mol. The number of aliphatic hydroxyl groups is 3. The Morgan fingerprint density at radius 2 is 1.42 bits per heavy atom. The molecule has 4 fully saturated rings. The van der Waals surface area contributed by atoms with Gasteiger partial charge in [-0.1, -0.05) is 53.2 Å². The second-order valence-electron chi connectivity index (χ2n) is 17.0. The molecule has 12 atom stereocenters. The SMILES string of the molecule is CC(=O)OC[C@@]12C(CC(C)(C)[C@@H](OC(C)=O)[C@@H]1O)C1=CCC3[C@@]4(C)CC[C@H](O)[C@](C)(COC(C)=O)C4CC[C@@]3(C)[C@]1(C)C[C@H]2O. The Labute approximate surface area is 268 Å². The largest absolute Gasteiger partial charge is 0.465 e. The molecule has 3 unspecified atom stereocenters. The third-order valence-corrected chi connectivity index (χ3v) is 14.3. The van der Waals surface area contributed by atoms with Gasteiger partial charge in [-0.05, 0) is 78.9 Å². The maximum atomic E-state index is 12.3. The number of fused-ring (bicyclic) bond motifs is 7. The molecule has 0 aromatic rings. The van der Waals surface area contributed by atoms with E-state index in [1.165, 1.54) is 26.3 Å². The zero-order chi connectivity index (χ0) is 33.5. The fraction of sp³-hybridized carbons (Fsp3) is 0.861. The fourth-order valence-electron chi connectivity index (χ4n) is 11.7. The average Bonchev–Trinajstić information content (AvgIpc) is 2.92. The average molecular weight is 633 g/mol. The highest BCUT2D eigenvalue weighted by atomic mass is 16.6. The maximum Gasteiger partial charge on any atom is 0.303 e. The van der Waals surface area contributed by atoms with Gasteiger partial charge >= 0.3 is 17.9 Å². The summed E-state index contributed by atoms with van der Waals surface area (Å²) in [5, 5.41) is 35.7. The number of aliphatic hydroxyl groups excluding tert-OH is 3. The van der Waals surface area contributed by atoms with E-state index in [0.717, 1.165) is 25.7 Å². The van der Waals surface area contributed by atoms with Gasteiger partial charge in [-0.15, -0.1) is 0 Å². The number of hydrogen-bond donors (Lipinski definition) is 3. The molecular formula is C36H56O9. The molecule has 0 heterocycles.